The van der Waals surface area contributed by atoms with Crippen LogP contribution in [0.3, 0.4) is 0 Å². The fraction of sp³-hybridized carbons (Fsp3) is 1.00. The molecule has 0 rings (SSSR count). The molecule has 0 aromatic carbocycles. The van der Waals surface area contributed by atoms with E-state index in [1.807, 2.05) is 19.6 Å². The molecule has 6 atom stereocenters. The fourth-order valence-corrected chi connectivity index (χ4v) is 19.0. The Balaban J connectivity index is 5.27. The zero-order valence-corrected chi connectivity index (χ0v) is 25.9. The highest BCUT2D eigenvalue weighted by Gasteiger charge is 2.25. The highest BCUT2D eigenvalue weighted by molar-refractivity contribution is 6.77. The third-order valence-corrected chi connectivity index (χ3v) is 20.1. The van der Waals surface area contributed by atoms with Crippen LogP contribution in [-0.4, -0.2) is 81.2 Å². The molecular formula is C11H40O7Si8. The van der Waals surface area contributed by atoms with E-state index < -0.39 is 72.6 Å². The molecule has 0 aliphatic heterocycles. The van der Waals surface area contributed by atoms with Crippen LogP contribution in [0.2, 0.25) is 72.0 Å². The van der Waals surface area contributed by atoms with Crippen LogP contribution >= 0.6 is 0 Å². The van der Waals surface area contributed by atoms with Gasteiger partial charge in [0.1, 0.15) is 0 Å². The van der Waals surface area contributed by atoms with Crippen LogP contribution in [0.1, 0.15) is 0 Å². The van der Waals surface area contributed by atoms with Crippen LogP contribution in [-0.2, 0) is 28.8 Å². The van der Waals surface area contributed by atoms with Crippen LogP contribution in [0.25, 0.3) is 0 Å². The van der Waals surface area contributed by atoms with Crippen LogP contribution in [0.15, 0.2) is 0 Å². The zero-order chi connectivity index (χ0) is 26.9. The maximum Gasteiger partial charge on any atom is 0.300 e. The summed E-state index contributed by atoms with van der Waals surface area (Å²) in [7, 11) is -27.3. The molecule has 6 unspecified atom stereocenters. The molecule has 0 spiro atoms. The Bertz CT molecular complexity index is 604. The van der Waals surface area contributed by atoms with Crippen molar-refractivity contribution in [2.75, 3.05) is 0 Å². The third kappa shape index (κ3) is 16.4. The molecule has 0 fully saturated rings. The Morgan fingerprint density at radius 2 is 0.769 bits per heavy atom. The van der Waals surface area contributed by atoms with E-state index >= 15 is 0 Å². The summed E-state index contributed by atoms with van der Waals surface area (Å²) in [5.41, 5.74) is 0. The first-order valence-corrected chi connectivity index (χ1v) is 25.1. The van der Waals surface area contributed by atoms with Crippen molar-refractivity contribution in [2.24, 2.45) is 0 Å². The Morgan fingerprint density at radius 1 is 0.500 bits per heavy atom. The minimum absolute atomic E-state index is 1.31. The monoisotopic (exact) mass is 522 g/mol. The van der Waals surface area contributed by atoms with Crippen LogP contribution in [0.5, 0.6) is 0 Å². The van der Waals surface area contributed by atoms with E-state index in [2.05, 4.69) is 0 Å². The molecule has 0 bridgehead atoms. The van der Waals surface area contributed by atoms with Crippen molar-refractivity contribution in [1.29, 1.82) is 8.64 Å². The molecule has 7 nitrogen and oxygen atoms in total. The SMILES string of the molecule is [3H][Si](C)(C)O[Si]([3H])(C)O[Si]([3H])(C)O[Si]([3H])(C)O[Si]([3H])(C)O[Si]([3H])(C)O[Si]([3H])(C)O[Si](C)(C)C. The molecule has 0 N–H and O–H groups in total. The standard InChI is InChI=1S/C11H40O7Si8/c1-19(2)12-20(3)13-21(4)14-22(5)15-23(6)16-24(7)17-25(8)18-26(9,10)11/h19-25H,1-11H3/i19T,20T,21T,22T,23T,24T,25T. The summed E-state index contributed by atoms with van der Waals surface area (Å²) in [6.07, 6.45) is 0. The van der Waals surface area contributed by atoms with Gasteiger partial charge < -0.3 is 28.8 Å². The van der Waals surface area contributed by atoms with E-state index in [9.17, 15) is 0 Å². The van der Waals surface area contributed by atoms with Crippen molar-refractivity contribution >= 4 is 72.6 Å². The number of rotatable bonds is 14. The average molecular weight is 523 g/mol. The highest BCUT2D eigenvalue weighted by atomic mass is 28.5. The molecule has 0 saturated carbocycles. The van der Waals surface area contributed by atoms with Gasteiger partial charge in [-0.15, -0.1) is 0 Å². The predicted molar refractivity (Wildman–Crippen MR) is 128 cm³/mol. The van der Waals surface area contributed by atoms with Gasteiger partial charge in [-0.25, -0.2) is 0 Å². The Morgan fingerprint density at radius 3 is 1.04 bits per heavy atom. The summed E-state index contributed by atoms with van der Waals surface area (Å²) in [4.78, 5) is 0. The normalized spacial score (nSPS) is 31.4. The van der Waals surface area contributed by atoms with Gasteiger partial charge in [0.15, 0.2) is 17.3 Å². The van der Waals surface area contributed by atoms with Crippen molar-refractivity contribution in [3.05, 3.63) is 0 Å². The number of hydrogen-bond donors (Lipinski definition) is 0. The smallest absolute Gasteiger partial charge is 0.300 e. The average Bonchev–Trinajstić information content (AvgIpc) is 2.20. The summed E-state index contributed by atoms with van der Waals surface area (Å²) in [5.74, 6) is 0. The maximum atomic E-state index is 8.46. The largest absolute Gasteiger partial charge is 0.442 e. The van der Waals surface area contributed by atoms with Crippen molar-refractivity contribution in [2.45, 2.75) is 72.0 Å². The van der Waals surface area contributed by atoms with E-state index in [-0.39, 0.29) is 0 Å². The van der Waals surface area contributed by atoms with Crippen LogP contribution in [0.4, 0.5) is 0 Å². The quantitative estimate of drug-likeness (QED) is 0.316. The Kier molecular flexibility index (Phi) is 9.00. The highest BCUT2D eigenvalue weighted by Crippen LogP contribution is 2.08. The van der Waals surface area contributed by atoms with E-state index in [1.165, 1.54) is 39.3 Å². The lowest BCUT2D eigenvalue weighted by Crippen LogP contribution is -2.42. The van der Waals surface area contributed by atoms with Gasteiger partial charge in [-0.3, -0.25) is 0 Å². The van der Waals surface area contributed by atoms with Gasteiger partial charge >= 0.3 is 0 Å². The Hall–Kier alpha value is 1.46. The van der Waals surface area contributed by atoms with E-state index in [0.29, 0.717) is 0 Å². The molecule has 0 amide bonds. The fourth-order valence-electron chi connectivity index (χ4n) is 1.86. The minimum Gasteiger partial charge on any atom is -0.442 e. The first kappa shape index (κ1) is 17.2. The molecule has 158 valence electrons. The molecule has 15 heteroatoms. The lowest BCUT2D eigenvalue weighted by Gasteiger charge is -2.27. The van der Waals surface area contributed by atoms with Gasteiger partial charge in [-0.1, -0.05) is 0 Å². The second kappa shape index (κ2) is 13.6. The van der Waals surface area contributed by atoms with Gasteiger partial charge in [0.2, 0.25) is 0 Å². The predicted octanol–water partition coefficient (Wildman–Crippen LogP) is 1.02. The number of hydrogen-bond acceptors (Lipinski definition) is 7. The molecule has 0 aromatic heterocycles. The summed E-state index contributed by atoms with van der Waals surface area (Å²) >= 11 is 0. The van der Waals surface area contributed by atoms with Crippen LogP contribution < -0.4 is 0 Å². The van der Waals surface area contributed by atoms with Crippen LogP contribution in [0, 0.1) is 0 Å². The minimum atomic E-state index is -3.91. The van der Waals surface area contributed by atoms with Gasteiger partial charge in [-0.2, -0.15) is 0 Å². The molecule has 0 heterocycles. The lowest BCUT2D eigenvalue weighted by atomic mass is 11.8. The van der Waals surface area contributed by atoms with Crippen molar-refractivity contribution in [1.82, 2.24) is 0 Å². The second-order valence-electron chi connectivity index (χ2n) is 6.68. The molecule has 0 saturated heterocycles. The van der Waals surface area contributed by atoms with Gasteiger partial charge in [-0.05, 0) is 72.0 Å². The van der Waals surface area contributed by atoms with Gasteiger partial charge in [0, 0.05) is 1.23 Å². The molecule has 26 heavy (non-hydrogen) atoms. The summed E-state index contributed by atoms with van der Waals surface area (Å²) < 4.78 is 97.2. The van der Waals surface area contributed by atoms with Gasteiger partial charge in [0.05, 0.1) is 7.41 Å². The van der Waals surface area contributed by atoms with Crippen molar-refractivity contribution in [3.63, 3.8) is 0 Å². The molecule has 0 aromatic rings. The molecule has 0 aliphatic carbocycles. The lowest BCUT2D eigenvalue weighted by molar-refractivity contribution is 0.320. The Labute approximate surface area is 182 Å². The van der Waals surface area contributed by atoms with Gasteiger partial charge in [0.25, 0.3) is 55.3 Å². The summed E-state index contributed by atoms with van der Waals surface area (Å²) in [6.45, 7) is 17.2. The third-order valence-electron chi connectivity index (χ3n) is 2.24. The van der Waals surface area contributed by atoms with Crippen molar-refractivity contribution in [3.8, 4) is 0 Å². The molecular weight excluding hydrogens is 469 g/mol. The van der Waals surface area contributed by atoms with E-state index in [1.54, 1.807) is 13.1 Å². The van der Waals surface area contributed by atoms with Crippen molar-refractivity contribution < 1.29 is 28.8 Å². The zero-order valence-electron chi connectivity index (χ0n) is 24.9. The molecule has 0 radical (unpaired) electrons. The maximum absolute atomic E-state index is 8.46. The first-order valence-electron chi connectivity index (χ1n) is 11.9. The second-order valence-corrected chi connectivity index (χ2v) is 24.3. The van der Waals surface area contributed by atoms with E-state index in [4.69, 9.17) is 37.4 Å². The topological polar surface area (TPSA) is 64.6 Å². The summed E-state index contributed by atoms with van der Waals surface area (Å²) in [6, 6.07) is 0. The van der Waals surface area contributed by atoms with E-state index in [0.717, 1.165) is 0 Å². The summed E-state index contributed by atoms with van der Waals surface area (Å²) in [5, 5.41) is 0. The first-order chi connectivity index (χ1) is 13.9. The molecule has 0 aliphatic rings.